The molecule has 0 aliphatic carbocycles. The lowest BCUT2D eigenvalue weighted by molar-refractivity contribution is -0.392. The van der Waals surface area contributed by atoms with Crippen LogP contribution in [0.2, 0.25) is 0 Å². The molecule has 0 saturated carbocycles. The van der Waals surface area contributed by atoms with Crippen LogP contribution in [0.25, 0.3) is 0 Å². The Hall–Kier alpha value is -1.92. The van der Waals surface area contributed by atoms with E-state index in [1.54, 1.807) is 13.8 Å². The summed E-state index contributed by atoms with van der Waals surface area (Å²) in [7, 11) is 0. The van der Waals surface area contributed by atoms with Crippen molar-refractivity contribution >= 4 is 12.3 Å². The number of nitrogens with zero attached hydrogens (tertiary/aromatic N) is 3. The van der Waals surface area contributed by atoms with Gasteiger partial charge in [-0.3, -0.25) is 4.79 Å². The van der Waals surface area contributed by atoms with Crippen molar-refractivity contribution in [2.75, 3.05) is 0 Å². The molecule has 0 fully saturated rings. The highest BCUT2D eigenvalue weighted by Crippen LogP contribution is 2.14. The number of rotatable bonds is 5. The zero-order valence-electron chi connectivity index (χ0n) is 8.41. The summed E-state index contributed by atoms with van der Waals surface area (Å²) in [5.41, 5.74) is 0. The number of imidazole rings is 1. The van der Waals surface area contributed by atoms with Crippen LogP contribution >= 0.6 is 0 Å². The van der Waals surface area contributed by atoms with E-state index in [2.05, 4.69) is 9.72 Å². The Kier molecular flexibility index (Phi) is 3.37. The number of nitro groups is 1. The fourth-order valence-corrected chi connectivity index (χ4v) is 1.22. The summed E-state index contributed by atoms with van der Waals surface area (Å²) in [6.07, 6.45) is 0.761. The second-order valence-electron chi connectivity index (χ2n) is 3.07. The third-order valence-electron chi connectivity index (χ3n) is 1.95. The predicted octanol–water partition coefficient (Wildman–Crippen LogP) is 0.661. The second-order valence-corrected chi connectivity index (χ2v) is 3.07. The van der Waals surface area contributed by atoms with Crippen molar-refractivity contribution in [2.24, 2.45) is 0 Å². The molecule has 1 rings (SSSR count). The predicted molar refractivity (Wildman–Crippen MR) is 50.2 cm³/mol. The lowest BCUT2D eigenvalue weighted by Crippen LogP contribution is -2.18. The van der Waals surface area contributed by atoms with E-state index in [9.17, 15) is 14.9 Å². The third kappa shape index (κ3) is 2.52. The maximum Gasteiger partial charge on any atom is 0.342 e. The molecule has 7 heteroatoms. The number of aryl methyl sites for hydroxylation is 1. The average molecular weight is 213 g/mol. The molecule has 0 aromatic carbocycles. The van der Waals surface area contributed by atoms with Gasteiger partial charge in [-0.1, -0.05) is 0 Å². The summed E-state index contributed by atoms with van der Waals surface area (Å²) in [5, 5.41) is 10.6. The van der Waals surface area contributed by atoms with Gasteiger partial charge in [-0.15, -0.1) is 0 Å². The maximum atomic E-state index is 10.6. The van der Waals surface area contributed by atoms with Crippen LogP contribution in [0.15, 0.2) is 6.20 Å². The molecule has 0 spiro atoms. The molecule has 1 aromatic heterocycles. The van der Waals surface area contributed by atoms with E-state index in [4.69, 9.17) is 0 Å². The van der Waals surface area contributed by atoms with Crippen molar-refractivity contribution in [2.45, 2.75) is 26.5 Å². The maximum absolute atomic E-state index is 10.6. The van der Waals surface area contributed by atoms with Crippen molar-refractivity contribution in [1.82, 2.24) is 9.55 Å². The fourth-order valence-electron chi connectivity index (χ4n) is 1.22. The molecule has 0 saturated heterocycles. The van der Waals surface area contributed by atoms with Gasteiger partial charge in [0.05, 0.1) is 0 Å². The number of carbonyl (C=O) groups excluding carboxylic acids is 1. The van der Waals surface area contributed by atoms with E-state index in [0.29, 0.717) is 12.3 Å². The number of carbonyl (C=O) groups is 1. The van der Waals surface area contributed by atoms with Crippen molar-refractivity contribution in [3.63, 3.8) is 0 Å². The van der Waals surface area contributed by atoms with Crippen molar-refractivity contribution < 1.29 is 14.5 Å². The van der Waals surface area contributed by atoms with Gasteiger partial charge in [-0.25, -0.2) is 9.55 Å². The first kappa shape index (κ1) is 11.2. The van der Waals surface area contributed by atoms with Gasteiger partial charge in [-0.05, 0) is 11.8 Å². The first-order valence-corrected chi connectivity index (χ1v) is 4.32. The van der Waals surface area contributed by atoms with Gasteiger partial charge in [0.25, 0.3) is 6.47 Å². The Morgan fingerprint density at radius 2 is 2.47 bits per heavy atom. The van der Waals surface area contributed by atoms with E-state index < -0.39 is 11.0 Å². The summed E-state index contributed by atoms with van der Waals surface area (Å²) in [6.45, 7) is 3.85. The molecule has 0 N–H and O–H groups in total. The molecule has 1 aromatic rings. The van der Waals surface area contributed by atoms with Gasteiger partial charge in [-0.2, -0.15) is 0 Å². The van der Waals surface area contributed by atoms with Gasteiger partial charge in [0.2, 0.25) is 0 Å². The average Bonchev–Trinajstić information content (AvgIpc) is 2.48. The topological polar surface area (TPSA) is 87.3 Å². The zero-order chi connectivity index (χ0) is 11.4. The third-order valence-corrected chi connectivity index (χ3v) is 1.95. The van der Waals surface area contributed by atoms with Crippen molar-refractivity contribution in [1.29, 1.82) is 0 Å². The molecular weight excluding hydrogens is 202 g/mol. The number of hydrogen-bond acceptors (Lipinski definition) is 5. The van der Waals surface area contributed by atoms with Crippen LogP contribution in [0.4, 0.5) is 5.82 Å². The fraction of sp³-hybridized carbons (Fsp3) is 0.500. The van der Waals surface area contributed by atoms with E-state index >= 15 is 0 Å². The molecular formula is C8H11N3O4. The molecule has 0 aliphatic heterocycles. The Morgan fingerprint density at radius 1 is 1.80 bits per heavy atom. The van der Waals surface area contributed by atoms with Gasteiger partial charge >= 0.3 is 5.82 Å². The largest absolute Gasteiger partial charge is 0.461 e. The van der Waals surface area contributed by atoms with Crippen LogP contribution in [0.3, 0.4) is 0 Å². The highest BCUT2D eigenvalue weighted by Gasteiger charge is 2.19. The van der Waals surface area contributed by atoms with Crippen LogP contribution in [0, 0.1) is 17.0 Å². The Labute approximate surface area is 85.8 Å². The van der Waals surface area contributed by atoms with E-state index in [1.807, 2.05) is 0 Å². The first-order chi connectivity index (χ1) is 7.06. The summed E-state index contributed by atoms with van der Waals surface area (Å²) in [5.74, 6) is 0.414. The molecule has 0 radical (unpaired) electrons. The highest BCUT2D eigenvalue weighted by molar-refractivity contribution is 5.37. The van der Waals surface area contributed by atoms with Gasteiger partial charge in [0.15, 0.2) is 5.82 Å². The van der Waals surface area contributed by atoms with Gasteiger partial charge in [0, 0.05) is 6.92 Å². The highest BCUT2D eigenvalue weighted by atomic mass is 16.6. The number of hydrogen-bond donors (Lipinski definition) is 0. The molecule has 1 unspecified atom stereocenters. The van der Waals surface area contributed by atoms with Crippen molar-refractivity contribution in [3.05, 3.63) is 22.1 Å². The summed E-state index contributed by atoms with van der Waals surface area (Å²) < 4.78 is 6.05. The monoisotopic (exact) mass is 213 g/mol. The molecule has 1 heterocycles. The standard InChI is InChI=1S/C8H11N3O4/c1-6(15-5-12)4-10-7(2)9-3-8(10)11(13)14/h3,5-6H,4H2,1-2H3. The minimum absolute atomic E-state index is 0.103. The van der Waals surface area contributed by atoms with E-state index in [1.165, 1.54) is 10.8 Å². The van der Waals surface area contributed by atoms with E-state index in [0.717, 1.165) is 0 Å². The lowest BCUT2D eigenvalue weighted by atomic mass is 10.4. The first-order valence-electron chi connectivity index (χ1n) is 4.32. The van der Waals surface area contributed by atoms with Crippen LogP contribution in [-0.2, 0) is 16.1 Å². The quantitative estimate of drug-likeness (QED) is 0.407. The van der Waals surface area contributed by atoms with Gasteiger partial charge in [0.1, 0.15) is 18.8 Å². The van der Waals surface area contributed by atoms with Crippen LogP contribution in [0.5, 0.6) is 0 Å². The van der Waals surface area contributed by atoms with Crippen LogP contribution in [-0.4, -0.2) is 27.1 Å². The minimum atomic E-state index is -0.520. The number of ether oxygens (including phenoxy) is 1. The smallest absolute Gasteiger partial charge is 0.342 e. The Bertz CT molecular complexity index is 374. The zero-order valence-corrected chi connectivity index (χ0v) is 8.41. The number of aromatic nitrogens is 2. The summed E-state index contributed by atoms with van der Waals surface area (Å²) in [4.78, 5) is 24.0. The molecule has 15 heavy (non-hydrogen) atoms. The normalized spacial score (nSPS) is 12.1. The summed E-state index contributed by atoms with van der Waals surface area (Å²) in [6, 6.07) is 0. The van der Waals surface area contributed by atoms with Crippen molar-refractivity contribution in [3.8, 4) is 0 Å². The summed E-state index contributed by atoms with van der Waals surface area (Å²) >= 11 is 0. The molecule has 0 bridgehead atoms. The molecule has 0 aliphatic rings. The second kappa shape index (κ2) is 4.54. The Morgan fingerprint density at radius 3 is 3.00 bits per heavy atom. The molecule has 1 atom stereocenters. The van der Waals surface area contributed by atoms with Crippen LogP contribution in [0.1, 0.15) is 12.7 Å². The molecule has 82 valence electrons. The lowest BCUT2D eigenvalue weighted by Gasteiger charge is -2.08. The van der Waals surface area contributed by atoms with Gasteiger partial charge < -0.3 is 14.9 Å². The van der Waals surface area contributed by atoms with Crippen LogP contribution < -0.4 is 0 Å². The SMILES string of the molecule is Cc1ncc([N+](=O)[O-])n1CC(C)OC=O. The van der Waals surface area contributed by atoms with E-state index in [-0.39, 0.29) is 12.4 Å². The molecule has 0 amide bonds. The minimum Gasteiger partial charge on any atom is -0.461 e. The Balaban J connectivity index is 2.87. The molecule has 7 nitrogen and oxygen atoms in total.